The van der Waals surface area contributed by atoms with E-state index < -0.39 is 0 Å². The maximum absolute atomic E-state index is 5.50. The summed E-state index contributed by atoms with van der Waals surface area (Å²) in [4.78, 5) is 0. The first kappa shape index (κ1) is 15.8. The van der Waals surface area contributed by atoms with Crippen LogP contribution in [0.3, 0.4) is 0 Å². The van der Waals surface area contributed by atoms with Crippen molar-refractivity contribution < 1.29 is 4.74 Å². The Kier molecular flexibility index (Phi) is 6.65. The number of nitrogens with one attached hydrogen (secondary N) is 1. The number of methoxy groups -OCH3 is 1. The van der Waals surface area contributed by atoms with Gasteiger partial charge in [0.15, 0.2) is 0 Å². The highest BCUT2D eigenvalue weighted by Crippen LogP contribution is 2.27. The molecule has 1 aromatic carbocycles. The molecule has 0 amide bonds. The Hall–Kier alpha value is -1.28. The number of hydrogen-bond acceptors (Lipinski definition) is 2. The smallest absolute Gasteiger partial charge is 0.129 e. The zero-order valence-electron chi connectivity index (χ0n) is 12.9. The molecule has 2 nitrogen and oxygen atoms in total. The molecule has 106 valence electrons. The molecule has 1 N–H and O–H groups in total. The summed E-state index contributed by atoms with van der Waals surface area (Å²) in [5.41, 5.74) is 3.66. The fourth-order valence-electron chi connectivity index (χ4n) is 2.00. The molecule has 0 saturated heterocycles. The van der Waals surface area contributed by atoms with Crippen molar-refractivity contribution in [1.29, 1.82) is 0 Å². The van der Waals surface area contributed by atoms with E-state index >= 15 is 0 Å². The first-order valence-electron chi connectivity index (χ1n) is 7.07. The normalized spacial score (nSPS) is 11.5. The molecule has 0 radical (unpaired) electrons. The van der Waals surface area contributed by atoms with Gasteiger partial charge in [0.25, 0.3) is 0 Å². The molecule has 19 heavy (non-hydrogen) atoms. The summed E-state index contributed by atoms with van der Waals surface area (Å²) >= 11 is 0. The summed E-state index contributed by atoms with van der Waals surface area (Å²) in [7, 11) is 1.74. The van der Waals surface area contributed by atoms with Crippen LogP contribution in [0.25, 0.3) is 6.08 Å². The summed E-state index contributed by atoms with van der Waals surface area (Å²) in [6, 6.07) is 4.27. The van der Waals surface area contributed by atoms with Crippen molar-refractivity contribution in [3.8, 4) is 5.75 Å². The van der Waals surface area contributed by atoms with Crippen LogP contribution < -0.4 is 10.1 Å². The molecule has 0 heterocycles. The maximum Gasteiger partial charge on any atom is 0.129 e. The molecule has 0 aliphatic carbocycles. The monoisotopic (exact) mass is 261 g/mol. The van der Waals surface area contributed by atoms with Crippen molar-refractivity contribution in [1.82, 2.24) is 5.32 Å². The van der Waals surface area contributed by atoms with Gasteiger partial charge in [0.05, 0.1) is 7.11 Å². The molecule has 0 fully saturated rings. The molecular formula is C17H27NO. The van der Waals surface area contributed by atoms with Crippen LogP contribution in [0.2, 0.25) is 0 Å². The van der Waals surface area contributed by atoms with E-state index in [9.17, 15) is 0 Å². The topological polar surface area (TPSA) is 21.3 Å². The van der Waals surface area contributed by atoms with Gasteiger partial charge in [-0.05, 0) is 50.4 Å². The number of aryl methyl sites for hydroxylation is 1. The van der Waals surface area contributed by atoms with E-state index in [-0.39, 0.29) is 0 Å². The lowest BCUT2D eigenvalue weighted by molar-refractivity contribution is 0.410. The van der Waals surface area contributed by atoms with Crippen LogP contribution in [0.1, 0.15) is 37.0 Å². The molecule has 0 atom stereocenters. The number of rotatable bonds is 7. The van der Waals surface area contributed by atoms with Gasteiger partial charge in [-0.3, -0.25) is 0 Å². The molecule has 1 aromatic rings. The average Bonchev–Trinajstić information content (AvgIpc) is 2.37. The second-order valence-corrected chi connectivity index (χ2v) is 5.42. The molecule has 2 heteroatoms. The van der Waals surface area contributed by atoms with Gasteiger partial charge in [0, 0.05) is 5.56 Å². The highest BCUT2D eigenvalue weighted by Gasteiger charge is 2.05. The molecule has 0 saturated carbocycles. The Morgan fingerprint density at radius 1 is 1.26 bits per heavy atom. The van der Waals surface area contributed by atoms with Crippen molar-refractivity contribution in [2.45, 2.75) is 34.1 Å². The van der Waals surface area contributed by atoms with Crippen molar-refractivity contribution in [2.24, 2.45) is 5.92 Å². The van der Waals surface area contributed by atoms with Crippen molar-refractivity contribution in [3.05, 3.63) is 34.9 Å². The van der Waals surface area contributed by atoms with E-state index in [0.29, 0.717) is 5.92 Å². The van der Waals surface area contributed by atoms with Crippen molar-refractivity contribution in [3.63, 3.8) is 0 Å². The Labute approximate surface area is 117 Å². The fraction of sp³-hybridized carbons (Fsp3) is 0.529. The SMILES string of the molecule is COc1c(/C=C/CCNCC(C)C)ccc(C)c1C. The lowest BCUT2D eigenvalue weighted by Crippen LogP contribution is -2.20. The largest absolute Gasteiger partial charge is 0.496 e. The summed E-state index contributed by atoms with van der Waals surface area (Å²) in [6.07, 6.45) is 5.41. The van der Waals surface area contributed by atoms with E-state index in [2.05, 4.69) is 57.3 Å². The first-order chi connectivity index (χ1) is 9.06. The number of benzene rings is 1. The first-order valence-corrected chi connectivity index (χ1v) is 7.07. The standard InChI is InChI=1S/C17H27NO/c1-13(2)12-18-11-7-6-8-16-10-9-14(3)15(4)17(16)19-5/h6,8-10,13,18H,7,11-12H2,1-5H3/b8-6+. The average molecular weight is 261 g/mol. The van der Waals surface area contributed by atoms with E-state index in [1.807, 2.05) is 0 Å². The van der Waals surface area contributed by atoms with E-state index in [1.54, 1.807) is 7.11 Å². The Bertz CT molecular complexity index is 422. The predicted molar refractivity (Wildman–Crippen MR) is 83.8 cm³/mol. The predicted octanol–water partition coefficient (Wildman–Crippen LogP) is 3.96. The van der Waals surface area contributed by atoms with Crippen LogP contribution in [0.4, 0.5) is 0 Å². The van der Waals surface area contributed by atoms with Crippen LogP contribution >= 0.6 is 0 Å². The van der Waals surface area contributed by atoms with Crippen molar-refractivity contribution >= 4 is 6.08 Å². The lowest BCUT2D eigenvalue weighted by atomic mass is 10.0. The van der Waals surface area contributed by atoms with Gasteiger partial charge < -0.3 is 10.1 Å². The molecule has 0 aliphatic heterocycles. The Morgan fingerprint density at radius 3 is 2.63 bits per heavy atom. The van der Waals surface area contributed by atoms with Crippen LogP contribution in [-0.4, -0.2) is 20.2 Å². The van der Waals surface area contributed by atoms with Crippen LogP contribution in [0, 0.1) is 19.8 Å². The van der Waals surface area contributed by atoms with Gasteiger partial charge in [-0.1, -0.05) is 38.1 Å². The molecule has 1 rings (SSSR count). The van der Waals surface area contributed by atoms with Gasteiger partial charge in [-0.25, -0.2) is 0 Å². The van der Waals surface area contributed by atoms with Crippen LogP contribution in [0.5, 0.6) is 5.75 Å². The fourth-order valence-corrected chi connectivity index (χ4v) is 2.00. The van der Waals surface area contributed by atoms with Gasteiger partial charge in [-0.2, -0.15) is 0 Å². The quantitative estimate of drug-likeness (QED) is 0.750. The number of hydrogen-bond donors (Lipinski definition) is 1. The zero-order chi connectivity index (χ0) is 14.3. The van der Waals surface area contributed by atoms with Gasteiger partial charge in [0.2, 0.25) is 0 Å². The minimum atomic E-state index is 0.712. The van der Waals surface area contributed by atoms with E-state index in [0.717, 1.165) is 30.8 Å². The molecular weight excluding hydrogens is 234 g/mol. The van der Waals surface area contributed by atoms with Gasteiger partial charge >= 0.3 is 0 Å². The highest BCUT2D eigenvalue weighted by molar-refractivity contribution is 5.61. The Balaban J connectivity index is 2.55. The summed E-state index contributed by atoms with van der Waals surface area (Å²) in [5, 5.41) is 3.44. The van der Waals surface area contributed by atoms with E-state index in [1.165, 1.54) is 11.1 Å². The van der Waals surface area contributed by atoms with Gasteiger partial charge in [0.1, 0.15) is 5.75 Å². The second-order valence-electron chi connectivity index (χ2n) is 5.42. The molecule has 0 aromatic heterocycles. The van der Waals surface area contributed by atoms with E-state index in [4.69, 9.17) is 4.74 Å². The maximum atomic E-state index is 5.50. The Morgan fingerprint density at radius 2 is 2.00 bits per heavy atom. The minimum absolute atomic E-state index is 0.712. The van der Waals surface area contributed by atoms with Crippen molar-refractivity contribution in [2.75, 3.05) is 20.2 Å². The molecule has 0 unspecified atom stereocenters. The summed E-state index contributed by atoms with van der Waals surface area (Å²) in [5.74, 6) is 1.70. The second kappa shape index (κ2) is 8.00. The van der Waals surface area contributed by atoms with Gasteiger partial charge in [-0.15, -0.1) is 0 Å². The highest BCUT2D eigenvalue weighted by atomic mass is 16.5. The molecule has 0 spiro atoms. The summed E-state index contributed by atoms with van der Waals surface area (Å²) in [6.45, 7) is 10.8. The zero-order valence-corrected chi connectivity index (χ0v) is 12.9. The number of ether oxygens (including phenoxy) is 1. The minimum Gasteiger partial charge on any atom is -0.496 e. The van der Waals surface area contributed by atoms with Crippen LogP contribution in [-0.2, 0) is 0 Å². The summed E-state index contributed by atoms with van der Waals surface area (Å²) < 4.78 is 5.50. The molecule has 0 bridgehead atoms. The van der Waals surface area contributed by atoms with Crippen LogP contribution in [0.15, 0.2) is 18.2 Å². The third-order valence-corrected chi connectivity index (χ3v) is 3.25. The lowest BCUT2D eigenvalue weighted by Gasteiger charge is -2.11. The molecule has 0 aliphatic rings. The third-order valence-electron chi connectivity index (χ3n) is 3.25. The third kappa shape index (κ3) is 5.07.